The summed E-state index contributed by atoms with van der Waals surface area (Å²) >= 11 is 1.25. The molecule has 1 amide bonds. The van der Waals surface area contributed by atoms with Crippen LogP contribution in [0, 0.1) is 5.82 Å². The van der Waals surface area contributed by atoms with E-state index in [1.54, 1.807) is 31.5 Å². The number of carbonyl (C=O) groups is 1. The summed E-state index contributed by atoms with van der Waals surface area (Å²) in [6.45, 7) is 1.19. The highest BCUT2D eigenvalue weighted by atomic mass is 32.1. The van der Waals surface area contributed by atoms with Gasteiger partial charge in [-0.15, -0.1) is 11.3 Å². The maximum Gasteiger partial charge on any atom is 0.262 e. The summed E-state index contributed by atoms with van der Waals surface area (Å²) < 4.78 is 30.7. The van der Waals surface area contributed by atoms with E-state index >= 15 is 0 Å². The monoisotopic (exact) mass is 404 g/mol. The number of hydrogen-bond donors (Lipinski definition) is 1. The molecule has 0 saturated heterocycles. The van der Waals surface area contributed by atoms with Crippen LogP contribution < -0.4 is 10.1 Å². The minimum atomic E-state index is -0.360. The van der Waals surface area contributed by atoms with Crippen LogP contribution in [0.25, 0.3) is 10.1 Å². The number of halogens is 1. The van der Waals surface area contributed by atoms with Crippen LogP contribution in [0.4, 0.5) is 4.39 Å². The fourth-order valence-electron chi connectivity index (χ4n) is 2.80. The summed E-state index contributed by atoms with van der Waals surface area (Å²) in [5, 5.41) is 3.30. The molecule has 0 radical (unpaired) electrons. The zero-order valence-electron chi connectivity index (χ0n) is 15.7. The number of amides is 1. The van der Waals surface area contributed by atoms with Gasteiger partial charge in [-0.2, -0.15) is 0 Å². The number of fused-ring (bicyclic) bond motifs is 1. The lowest BCUT2D eigenvalue weighted by Crippen LogP contribution is -2.23. The van der Waals surface area contributed by atoms with Crippen LogP contribution >= 0.6 is 11.3 Å². The number of methoxy groups -OCH3 is 2. The van der Waals surface area contributed by atoms with Gasteiger partial charge in [0.1, 0.15) is 12.4 Å². The Kier molecular flexibility index (Phi) is 6.91. The molecule has 1 N–H and O–H groups in total. The van der Waals surface area contributed by atoms with E-state index in [4.69, 9.17) is 14.2 Å². The molecule has 2 aromatic heterocycles. The fourth-order valence-corrected chi connectivity index (χ4v) is 3.94. The summed E-state index contributed by atoms with van der Waals surface area (Å²) in [6.07, 6.45) is 1.62. The molecule has 0 saturated carbocycles. The molecule has 0 aliphatic heterocycles. The zero-order chi connectivity index (χ0) is 19.9. The van der Waals surface area contributed by atoms with E-state index in [9.17, 15) is 9.18 Å². The first kappa shape index (κ1) is 20.2. The highest BCUT2D eigenvalue weighted by Crippen LogP contribution is 2.33. The lowest BCUT2D eigenvalue weighted by atomic mass is 10.1. The predicted molar refractivity (Wildman–Crippen MR) is 105 cm³/mol. The van der Waals surface area contributed by atoms with E-state index in [2.05, 4.69) is 10.3 Å². The van der Waals surface area contributed by atoms with E-state index < -0.39 is 0 Å². The van der Waals surface area contributed by atoms with E-state index in [0.717, 1.165) is 5.56 Å². The summed E-state index contributed by atoms with van der Waals surface area (Å²) in [7, 11) is 3.11. The van der Waals surface area contributed by atoms with Crippen molar-refractivity contribution in [1.82, 2.24) is 10.3 Å². The largest absolute Gasteiger partial charge is 0.475 e. The standard InChI is InChI=1S/C20H21FN2O4S/c1-25-9-10-27-20-13(5-4-8-22-20)11-23-19(24)18-14(12-26-2)17-15(21)6-3-7-16(17)28-18/h3-8H,9-12H2,1-2H3,(H,23,24). The van der Waals surface area contributed by atoms with Gasteiger partial charge in [-0.25, -0.2) is 9.37 Å². The van der Waals surface area contributed by atoms with Crippen molar-refractivity contribution in [1.29, 1.82) is 0 Å². The van der Waals surface area contributed by atoms with Gasteiger partial charge in [0.2, 0.25) is 5.88 Å². The maximum atomic E-state index is 14.3. The molecular weight excluding hydrogens is 383 g/mol. The number of aromatic nitrogens is 1. The number of pyridine rings is 1. The number of ether oxygens (including phenoxy) is 3. The van der Waals surface area contributed by atoms with Gasteiger partial charge >= 0.3 is 0 Å². The van der Waals surface area contributed by atoms with Crippen molar-refractivity contribution in [2.45, 2.75) is 13.2 Å². The number of rotatable bonds is 9. The molecule has 0 atom stereocenters. The highest BCUT2D eigenvalue weighted by molar-refractivity contribution is 7.21. The molecule has 1 aromatic carbocycles. The molecule has 0 fully saturated rings. The van der Waals surface area contributed by atoms with E-state index in [1.165, 1.54) is 24.5 Å². The van der Waals surface area contributed by atoms with Crippen LogP contribution in [-0.4, -0.2) is 38.3 Å². The van der Waals surface area contributed by atoms with Crippen molar-refractivity contribution in [3.63, 3.8) is 0 Å². The Morgan fingerprint density at radius 2 is 2.04 bits per heavy atom. The molecule has 6 nitrogen and oxygen atoms in total. The molecule has 0 bridgehead atoms. The van der Waals surface area contributed by atoms with E-state index in [0.29, 0.717) is 39.6 Å². The Morgan fingerprint density at radius 3 is 2.82 bits per heavy atom. The zero-order valence-corrected chi connectivity index (χ0v) is 16.5. The molecule has 3 rings (SSSR count). The van der Waals surface area contributed by atoms with Gasteiger partial charge in [-0.3, -0.25) is 4.79 Å². The van der Waals surface area contributed by atoms with Crippen LogP contribution in [0.2, 0.25) is 0 Å². The normalized spacial score (nSPS) is 11.0. The van der Waals surface area contributed by atoms with Crippen molar-refractivity contribution < 1.29 is 23.4 Å². The molecule has 0 unspecified atom stereocenters. The Hall–Kier alpha value is -2.55. The topological polar surface area (TPSA) is 69.7 Å². The number of nitrogens with one attached hydrogen (secondary N) is 1. The molecule has 28 heavy (non-hydrogen) atoms. The van der Waals surface area contributed by atoms with Gasteiger partial charge in [0.25, 0.3) is 5.91 Å². The van der Waals surface area contributed by atoms with Gasteiger partial charge in [-0.1, -0.05) is 12.1 Å². The number of benzene rings is 1. The Labute approximate surface area is 166 Å². The third-order valence-corrected chi connectivity index (χ3v) is 5.27. The van der Waals surface area contributed by atoms with Crippen molar-refractivity contribution in [3.05, 3.63) is 58.3 Å². The minimum absolute atomic E-state index is 0.155. The number of hydrogen-bond acceptors (Lipinski definition) is 6. The summed E-state index contributed by atoms with van der Waals surface area (Å²) in [5.74, 6) is -0.209. The first-order valence-corrected chi connectivity index (χ1v) is 9.50. The Bertz CT molecular complexity index is 961. The Morgan fingerprint density at radius 1 is 1.18 bits per heavy atom. The predicted octanol–water partition coefficient (Wildman–Crippen LogP) is 3.54. The van der Waals surface area contributed by atoms with Crippen LogP contribution in [-0.2, 0) is 22.6 Å². The summed E-state index contributed by atoms with van der Waals surface area (Å²) in [4.78, 5) is 17.4. The average Bonchev–Trinajstić information content (AvgIpc) is 3.07. The lowest BCUT2D eigenvalue weighted by Gasteiger charge is -2.11. The smallest absolute Gasteiger partial charge is 0.262 e. The molecule has 0 spiro atoms. The molecule has 148 valence electrons. The number of thiophene rings is 1. The maximum absolute atomic E-state index is 14.3. The van der Waals surface area contributed by atoms with Crippen molar-refractivity contribution in [2.75, 3.05) is 27.4 Å². The average molecular weight is 404 g/mol. The van der Waals surface area contributed by atoms with Crippen molar-refractivity contribution >= 4 is 27.3 Å². The van der Waals surface area contributed by atoms with Gasteiger partial charge in [0.15, 0.2) is 0 Å². The summed E-state index contributed by atoms with van der Waals surface area (Å²) in [6, 6.07) is 8.41. The Balaban J connectivity index is 1.79. The first-order valence-electron chi connectivity index (χ1n) is 8.68. The number of nitrogens with zero attached hydrogens (tertiary/aromatic N) is 1. The van der Waals surface area contributed by atoms with Crippen LogP contribution in [0.15, 0.2) is 36.5 Å². The quantitative estimate of drug-likeness (QED) is 0.553. The third kappa shape index (κ3) is 4.46. The van der Waals surface area contributed by atoms with Crippen LogP contribution in [0.3, 0.4) is 0 Å². The highest BCUT2D eigenvalue weighted by Gasteiger charge is 2.21. The fraction of sp³-hybridized carbons (Fsp3) is 0.300. The van der Waals surface area contributed by atoms with E-state index in [1.807, 2.05) is 6.07 Å². The molecule has 8 heteroatoms. The van der Waals surface area contributed by atoms with Crippen LogP contribution in [0.5, 0.6) is 5.88 Å². The SMILES string of the molecule is COCCOc1ncccc1CNC(=O)c1sc2cccc(F)c2c1COC. The van der Waals surface area contributed by atoms with Crippen LogP contribution in [0.1, 0.15) is 20.8 Å². The molecule has 2 heterocycles. The van der Waals surface area contributed by atoms with Gasteiger partial charge in [-0.05, 0) is 18.2 Å². The first-order chi connectivity index (χ1) is 13.7. The van der Waals surface area contributed by atoms with Gasteiger partial charge in [0.05, 0.1) is 18.1 Å². The van der Waals surface area contributed by atoms with Gasteiger partial charge < -0.3 is 19.5 Å². The molecular formula is C20H21FN2O4S. The second-order valence-corrected chi connectivity index (χ2v) is 7.00. The third-order valence-electron chi connectivity index (χ3n) is 4.07. The molecule has 0 aliphatic carbocycles. The minimum Gasteiger partial charge on any atom is -0.475 e. The molecule has 0 aliphatic rings. The van der Waals surface area contributed by atoms with Crippen molar-refractivity contribution in [3.8, 4) is 5.88 Å². The lowest BCUT2D eigenvalue weighted by molar-refractivity contribution is 0.0950. The van der Waals surface area contributed by atoms with Crippen molar-refractivity contribution in [2.24, 2.45) is 0 Å². The number of carbonyl (C=O) groups excluding carboxylic acids is 1. The summed E-state index contributed by atoms with van der Waals surface area (Å²) in [5.41, 5.74) is 1.30. The molecule has 3 aromatic rings. The second-order valence-electron chi connectivity index (χ2n) is 5.95. The second kappa shape index (κ2) is 9.59. The van der Waals surface area contributed by atoms with Gasteiger partial charge in [0, 0.05) is 48.2 Å². The van der Waals surface area contributed by atoms with E-state index in [-0.39, 0.29) is 24.9 Å².